The number of aliphatic carboxylic acids is 1. The van der Waals surface area contributed by atoms with E-state index in [1.54, 1.807) is 26.0 Å². The number of nitrogens with two attached hydrogens (primary N) is 3. The van der Waals surface area contributed by atoms with Gasteiger partial charge in [-0.05, 0) is 75.1 Å². The lowest BCUT2D eigenvalue weighted by Gasteiger charge is -2.50. The Morgan fingerprint density at radius 3 is 2.60 bits per heavy atom. The van der Waals surface area contributed by atoms with Crippen LogP contribution in [-0.2, 0) is 36.5 Å². The van der Waals surface area contributed by atoms with Crippen LogP contribution in [0.1, 0.15) is 49.6 Å². The van der Waals surface area contributed by atoms with Crippen LogP contribution < -0.4 is 27.3 Å². The van der Waals surface area contributed by atoms with E-state index in [-0.39, 0.29) is 29.6 Å². The van der Waals surface area contributed by atoms with Gasteiger partial charge >= 0.3 is 5.97 Å². The zero-order valence-corrected chi connectivity index (χ0v) is 27.7. The van der Waals surface area contributed by atoms with Gasteiger partial charge in [0.1, 0.15) is 23.3 Å². The fourth-order valence-electron chi connectivity index (χ4n) is 5.18. The number of carboxylic acids is 1. The van der Waals surface area contributed by atoms with Gasteiger partial charge < -0.3 is 41.8 Å². The number of hydrogen-bond donors (Lipinski definition) is 6. The monoisotopic (exact) mass is 698 g/mol. The maximum absolute atomic E-state index is 13.4. The van der Waals surface area contributed by atoms with Crippen molar-refractivity contribution in [2.75, 3.05) is 5.73 Å². The minimum atomic E-state index is -2.06. The summed E-state index contributed by atoms with van der Waals surface area (Å²) in [5, 5.41) is 19.3. The highest BCUT2D eigenvalue weighted by atomic mass is 32.2. The number of aliphatic imine (C=N–C) groups is 1. The normalized spacial score (nSPS) is 20.2. The minimum absolute atomic E-state index is 0.00310. The molecule has 2 aliphatic heterocycles. The number of anilines is 1. The second-order valence-corrected chi connectivity index (χ2v) is 12.9. The number of ether oxygens (including phenoxy) is 1. The standard InChI is InChI=1S/C30H34N8O8S2/c1-29(2)23(26(40)38(29)46-48-43)36-25(39)22(19-14-47-28(33)35-19)37-45-30(3,27(41)42)21-11-7-16-12-17(6-10-20(16)44-21)24(32)34-18-8-4-15(13-31)5-9-18/h4-6,8-10,12,14,21,23,43H,7,11,13,31H2,1-3H3,(H2,32,34)(H2,33,35)(H,36,39)(H,41,42)/b37-22-. The van der Waals surface area contributed by atoms with Crippen molar-refractivity contribution in [3.8, 4) is 5.75 Å². The molecule has 5 rings (SSSR count). The van der Waals surface area contributed by atoms with Crippen LogP contribution in [-0.4, -0.2) is 72.3 Å². The molecule has 16 nitrogen and oxygen atoms in total. The topological polar surface area (TPSA) is 250 Å². The number of fused-ring (bicyclic) bond motifs is 1. The first-order chi connectivity index (χ1) is 22.8. The van der Waals surface area contributed by atoms with E-state index in [1.165, 1.54) is 12.3 Å². The molecule has 3 heterocycles. The Morgan fingerprint density at radius 1 is 1.27 bits per heavy atom. The lowest BCUT2D eigenvalue weighted by molar-refractivity contribution is -0.214. The molecule has 3 atom stereocenters. The maximum Gasteiger partial charge on any atom is 0.354 e. The quantitative estimate of drug-likeness (QED) is 0.0523. The summed E-state index contributed by atoms with van der Waals surface area (Å²) in [6.07, 6.45) is -0.383. The Balaban J connectivity index is 1.35. The van der Waals surface area contributed by atoms with Crippen LogP contribution in [0.15, 0.2) is 58.0 Å². The van der Waals surface area contributed by atoms with Gasteiger partial charge in [0, 0.05) is 17.5 Å². The Hall–Kier alpha value is -4.75. The first kappa shape index (κ1) is 34.6. The molecule has 2 amide bonds. The molecule has 18 heteroatoms. The van der Waals surface area contributed by atoms with E-state index in [0.29, 0.717) is 35.8 Å². The Kier molecular flexibility index (Phi) is 9.92. The molecule has 2 aliphatic rings. The Labute approximate surface area is 283 Å². The molecular weight excluding hydrogens is 665 g/mol. The van der Waals surface area contributed by atoms with Crippen LogP contribution >= 0.6 is 23.7 Å². The second-order valence-electron chi connectivity index (χ2n) is 11.7. The number of amides is 2. The number of amidine groups is 1. The predicted molar refractivity (Wildman–Crippen MR) is 178 cm³/mol. The number of carbonyl (C=O) groups excluding carboxylic acids is 2. The number of oxime groups is 1. The van der Waals surface area contributed by atoms with E-state index >= 15 is 0 Å². The van der Waals surface area contributed by atoms with E-state index in [0.717, 1.165) is 27.5 Å². The van der Waals surface area contributed by atoms with Gasteiger partial charge in [-0.1, -0.05) is 17.3 Å². The molecule has 0 saturated carbocycles. The molecule has 0 bridgehead atoms. The van der Waals surface area contributed by atoms with E-state index in [2.05, 4.69) is 20.4 Å². The minimum Gasteiger partial charge on any atom is -0.485 e. The summed E-state index contributed by atoms with van der Waals surface area (Å²) in [5.74, 6) is -2.18. The molecule has 1 saturated heterocycles. The van der Waals surface area contributed by atoms with Crippen molar-refractivity contribution < 1.29 is 37.9 Å². The molecule has 1 fully saturated rings. The average molecular weight is 699 g/mol. The smallest absolute Gasteiger partial charge is 0.354 e. The summed E-state index contributed by atoms with van der Waals surface area (Å²) in [4.78, 5) is 52.9. The zero-order valence-electron chi connectivity index (χ0n) is 26.1. The van der Waals surface area contributed by atoms with Crippen LogP contribution in [0.5, 0.6) is 5.75 Å². The number of aromatic nitrogens is 1. The second kappa shape index (κ2) is 13.8. The van der Waals surface area contributed by atoms with Crippen LogP contribution in [0.4, 0.5) is 10.8 Å². The van der Waals surface area contributed by atoms with Gasteiger partial charge in [0.2, 0.25) is 0 Å². The third-order valence-corrected chi connectivity index (χ3v) is 9.02. The molecule has 254 valence electrons. The van der Waals surface area contributed by atoms with Crippen LogP contribution in [0.2, 0.25) is 0 Å². The molecule has 1 aromatic heterocycles. The van der Waals surface area contributed by atoms with Crippen molar-refractivity contribution in [2.24, 2.45) is 21.6 Å². The fraction of sp³-hybridized carbons (Fsp3) is 0.333. The van der Waals surface area contributed by atoms with Gasteiger partial charge in [-0.2, -0.15) is 9.35 Å². The zero-order chi connectivity index (χ0) is 34.8. The van der Waals surface area contributed by atoms with Crippen LogP contribution in [0.3, 0.4) is 0 Å². The third-order valence-electron chi connectivity index (χ3n) is 8.13. The van der Waals surface area contributed by atoms with E-state index in [1.807, 2.05) is 30.3 Å². The van der Waals surface area contributed by atoms with Gasteiger partial charge in [0.15, 0.2) is 29.3 Å². The van der Waals surface area contributed by atoms with Crippen molar-refractivity contribution in [2.45, 2.75) is 63.4 Å². The van der Waals surface area contributed by atoms with Crippen molar-refractivity contribution in [1.82, 2.24) is 15.4 Å². The van der Waals surface area contributed by atoms with Crippen LogP contribution in [0.25, 0.3) is 0 Å². The lowest BCUT2D eigenvalue weighted by Crippen LogP contribution is -2.76. The molecular formula is C30H34N8O8S2. The number of thiazole rings is 1. The number of benzene rings is 2. The van der Waals surface area contributed by atoms with E-state index in [4.69, 9.17) is 35.6 Å². The third kappa shape index (κ3) is 6.78. The van der Waals surface area contributed by atoms with Crippen molar-refractivity contribution in [1.29, 1.82) is 0 Å². The van der Waals surface area contributed by atoms with E-state index in [9.17, 15) is 19.5 Å². The Morgan fingerprint density at radius 2 is 2.00 bits per heavy atom. The summed E-state index contributed by atoms with van der Waals surface area (Å²) >= 11 is 1.01. The van der Waals surface area contributed by atoms with Crippen molar-refractivity contribution >= 4 is 63.8 Å². The first-order valence-corrected chi connectivity index (χ1v) is 16.1. The van der Waals surface area contributed by atoms with Gasteiger partial charge in [0.25, 0.3) is 17.4 Å². The average Bonchev–Trinajstić information content (AvgIpc) is 3.50. The molecule has 3 aromatic rings. The lowest BCUT2D eigenvalue weighted by atomic mass is 9.84. The number of hydroxylamine groups is 2. The number of nitrogens with one attached hydrogen (secondary N) is 1. The highest BCUT2D eigenvalue weighted by Crippen LogP contribution is 2.36. The summed E-state index contributed by atoms with van der Waals surface area (Å²) in [5.41, 5.74) is 17.3. The van der Waals surface area contributed by atoms with Gasteiger partial charge in [-0.15, -0.1) is 11.3 Å². The summed E-state index contributed by atoms with van der Waals surface area (Å²) in [6.45, 7) is 4.92. The summed E-state index contributed by atoms with van der Waals surface area (Å²) < 4.78 is 20.0. The number of carboxylic acid groups (broad SMARTS) is 1. The molecule has 9 N–H and O–H groups in total. The number of hydrogen-bond acceptors (Lipinski definition) is 14. The Bertz CT molecular complexity index is 1780. The van der Waals surface area contributed by atoms with Crippen LogP contribution in [0, 0.1) is 0 Å². The van der Waals surface area contributed by atoms with Crippen molar-refractivity contribution in [3.05, 3.63) is 70.2 Å². The molecule has 0 aliphatic carbocycles. The van der Waals surface area contributed by atoms with Gasteiger partial charge in [-0.25, -0.2) is 14.8 Å². The number of carbonyl (C=O) groups is 3. The molecule has 2 aromatic carbocycles. The molecule has 3 unspecified atom stereocenters. The molecule has 48 heavy (non-hydrogen) atoms. The number of aryl methyl sites for hydroxylation is 1. The first-order valence-electron chi connectivity index (χ1n) is 14.6. The van der Waals surface area contributed by atoms with Crippen molar-refractivity contribution in [3.63, 3.8) is 0 Å². The predicted octanol–water partition coefficient (Wildman–Crippen LogP) is 2.34. The fourth-order valence-corrected chi connectivity index (χ4v) is 6.06. The highest BCUT2D eigenvalue weighted by Gasteiger charge is 2.57. The number of rotatable bonds is 12. The number of β-lactam (4-membered cyclic amide) rings is 1. The summed E-state index contributed by atoms with van der Waals surface area (Å²) in [7, 11) is 0. The molecule has 0 spiro atoms. The van der Waals surface area contributed by atoms with E-state index < -0.39 is 46.8 Å². The number of nitrogen functional groups attached to an aromatic ring is 1. The highest BCUT2D eigenvalue weighted by molar-refractivity contribution is 7.88. The largest absolute Gasteiger partial charge is 0.485 e. The van der Waals surface area contributed by atoms with Gasteiger partial charge in [-0.3, -0.25) is 9.59 Å². The maximum atomic E-state index is 13.4. The van der Waals surface area contributed by atoms with Gasteiger partial charge in [0.05, 0.1) is 11.2 Å². The molecule has 0 radical (unpaired) electrons. The summed E-state index contributed by atoms with van der Waals surface area (Å²) in [6, 6.07) is 11.6. The number of nitrogens with zero attached hydrogens (tertiary/aromatic N) is 4. The SMILES string of the molecule is CC(O/N=C(\C(=O)NC1C(=O)N(OSO)C1(C)C)c1csc(N)n1)(C(=O)O)C1CCc2cc(C(N)=Nc3ccc(CN)cc3)ccc2O1.